The Balaban J connectivity index is 2.28. The quantitative estimate of drug-likeness (QED) is 0.597. The van der Waals surface area contributed by atoms with Crippen LogP contribution in [0, 0.1) is 0 Å². The van der Waals surface area contributed by atoms with E-state index in [4.69, 9.17) is 16.2 Å². The molecule has 1 rings (SSSR count). The van der Waals surface area contributed by atoms with Crippen molar-refractivity contribution in [3.05, 3.63) is 34.9 Å². The van der Waals surface area contributed by atoms with E-state index in [0.717, 1.165) is 12.0 Å². The zero-order chi connectivity index (χ0) is 13.6. The third-order valence-electron chi connectivity index (χ3n) is 2.50. The first-order chi connectivity index (χ1) is 8.37. The number of halogens is 1. The summed E-state index contributed by atoms with van der Waals surface area (Å²) in [6.07, 6.45) is 1.23. The Morgan fingerprint density at radius 2 is 2.17 bits per heavy atom. The van der Waals surface area contributed by atoms with Gasteiger partial charge in [-0.1, -0.05) is 23.7 Å². The molecule has 0 radical (unpaired) electrons. The van der Waals surface area contributed by atoms with Crippen molar-refractivity contribution >= 4 is 21.7 Å². The summed E-state index contributed by atoms with van der Waals surface area (Å²) in [5.41, 5.74) is 1.14. The zero-order valence-electron chi connectivity index (χ0n) is 10.3. The predicted molar refractivity (Wildman–Crippen MR) is 73.7 cm³/mol. The molecule has 0 amide bonds. The topological polar surface area (TPSA) is 66.4 Å². The normalized spacial score (nSPS) is 13.5. The van der Waals surface area contributed by atoms with Crippen molar-refractivity contribution in [3.63, 3.8) is 0 Å². The maximum atomic E-state index is 10.5. The van der Waals surface area contributed by atoms with E-state index in [9.17, 15) is 8.42 Å². The summed E-state index contributed by atoms with van der Waals surface area (Å²) in [5.74, 6) is -0.204. The van der Waals surface area contributed by atoms with Gasteiger partial charge in [0.05, 0.1) is 5.75 Å². The Kier molecular flexibility index (Phi) is 6.08. The molecule has 0 fully saturated rings. The molecule has 6 heteroatoms. The van der Waals surface area contributed by atoms with Crippen LogP contribution in [0.5, 0.6) is 0 Å². The van der Waals surface area contributed by atoms with Crippen LogP contribution in [-0.2, 0) is 16.5 Å². The Hall–Kier alpha value is -0.620. The largest absolute Gasteiger partial charge is 0.314 e. The maximum absolute atomic E-state index is 10.5. The molecule has 0 aromatic heterocycles. The standard InChI is InChI=1S/C12H18ClNO3S/c1-10(14-6-3-7-18(15,16)17)8-11-4-2-5-12(13)9-11/h2,4-5,9-10,14H,3,6-8H2,1H3,(H,15,16,17). The van der Waals surface area contributed by atoms with E-state index in [-0.39, 0.29) is 11.8 Å². The highest BCUT2D eigenvalue weighted by Crippen LogP contribution is 2.12. The van der Waals surface area contributed by atoms with Gasteiger partial charge in [-0.15, -0.1) is 0 Å². The minimum Gasteiger partial charge on any atom is -0.314 e. The van der Waals surface area contributed by atoms with Gasteiger partial charge < -0.3 is 5.32 Å². The Morgan fingerprint density at radius 1 is 1.44 bits per heavy atom. The van der Waals surface area contributed by atoms with Gasteiger partial charge in [-0.3, -0.25) is 4.55 Å². The number of rotatable bonds is 7. The second-order valence-corrected chi connectivity index (χ2v) is 6.34. The number of hydrogen-bond donors (Lipinski definition) is 2. The average Bonchev–Trinajstić information content (AvgIpc) is 2.23. The highest BCUT2D eigenvalue weighted by molar-refractivity contribution is 7.85. The second-order valence-electron chi connectivity index (χ2n) is 4.33. The van der Waals surface area contributed by atoms with Crippen LogP contribution < -0.4 is 5.32 Å². The summed E-state index contributed by atoms with van der Waals surface area (Å²) < 4.78 is 29.6. The Morgan fingerprint density at radius 3 is 2.78 bits per heavy atom. The molecule has 4 nitrogen and oxygen atoms in total. The van der Waals surface area contributed by atoms with E-state index >= 15 is 0 Å². The summed E-state index contributed by atoms with van der Waals surface area (Å²) in [6.45, 7) is 2.58. The van der Waals surface area contributed by atoms with Crippen molar-refractivity contribution in [3.8, 4) is 0 Å². The lowest BCUT2D eigenvalue weighted by Crippen LogP contribution is -2.30. The van der Waals surface area contributed by atoms with Crippen LogP contribution in [0.4, 0.5) is 0 Å². The summed E-state index contributed by atoms with van der Waals surface area (Å²) in [7, 11) is -3.84. The van der Waals surface area contributed by atoms with Gasteiger partial charge in [0.2, 0.25) is 0 Å². The van der Waals surface area contributed by atoms with Gasteiger partial charge in [-0.25, -0.2) is 0 Å². The molecule has 1 atom stereocenters. The van der Waals surface area contributed by atoms with Gasteiger partial charge in [0.1, 0.15) is 0 Å². The van der Waals surface area contributed by atoms with E-state index in [1.165, 1.54) is 0 Å². The smallest absolute Gasteiger partial charge is 0.264 e. The molecule has 2 N–H and O–H groups in total. The Labute approximate surface area is 113 Å². The number of nitrogens with one attached hydrogen (secondary N) is 1. The van der Waals surface area contributed by atoms with E-state index in [1.807, 2.05) is 31.2 Å². The Bertz CT molecular complexity index is 476. The molecule has 0 saturated heterocycles. The first kappa shape index (κ1) is 15.4. The van der Waals surface area contributed by atoms with Crippen LogP contribution in [0.25, 0.3) is 0 Å². The van der Waals surface area contributed by atoms with Crippen molar-refractivity contribution in [2.45, 2.75) is 25.8 Å². The molecule has 1 aromatic rings. The van der Waals surface area contributed by atoms with E-state index in [2.05, 4.69) is 5.32 Å². The monoisotopic (exact) mass is 291 g/mol. The van der Waals surface area contributed by atoms with Crippen molar-refractivity contribution in [1.82, 2.24) is 5.32 Å². The van der Waals surface area contributed by atoms with Gasteiger partial charge in [-0.05, 0) is 44.0 Å². The highest BCUT2D eigenvalue weighted by atomic mass is 35.5. The zero-order valence-corrected chi connectivity index (χ0v) is 11.8. The number of hydrogen-bond acceptors (Lipinski definition) is 3. The van der Waals surface area contributed by atoms with E-state index in [1.54, 1.807) is 0 Å². The second kappa shape index (κ2) is 7.09. The number of benzene rings is 1. The van der Waals surface area contributed by atoms with Gasteiger partial charge in [-0.2, -0.15) is 8.42 Å². The molecule has 0 saturated carbocycles. The third kappa shape index (κ3) is 6.96. The lowest BCUT2D eigenvalue weighted by atomic mass is 10.1. The molecule has 0 spiro atoms. The van der Waals surface area contributed by atoms with Crippen LogP contribution in [0.1, 0.15) is 18.9 Å². The van der Waals surface area contributed by atoms with Crippen LogP contribution in [0.3, 0.4) is 0 Å². The fourth-order valence-electron chi connectivity index (χ4n) is 1.69. The molecule has 18 heavy (non-hydrogen) atoms. The molecule has 1 unspecified atom stereocenters. The SMILES string of the molecule is CC(Cc1cccc(Cl)c1)NCCCS(=O)(=O)O. The van der Waals surface area contributed by atoms with Crippen LogP contribution in [-0.4, -0.2) is 31.3 Å². The van der Waals surface area contributed by atoms with Crippen LogP contribution in [0.2, 0.25) is 5.02 Å². The molecular weight excluding hydrogens is 274 g/mol. The summed E-state index contributed by atoms with van der Waals surface area (Å²) in [6, 6.07) is 7.88. The highest BCUT2D eigenvalue weighted by Gasteiger charge is 2.06. The van der Waals surface area contributed by atoms with Gasteiger partial charge in [0.15, 0.2) is 0 Å². The van der Waals surface area contributed by atoms with Crippen molar-refractivity contribution in [1.29, 1.82) is 0 Å². The van der Waals surface area contributed by atoms with Crippen LogP contribution >= 0.6 is 11.6 Å². The molecule has 102 valence electrons. The molecule has 0 aliphatic heterocycles. The summed E-state index contributed by atoms with van der Waals surface area (Å²) >= 11 is 5.89. The maximum Gasteiger partial charge on any atom is 0.264 e. The van der Waals surface area contributed by atoms with Gasteiger partial charge in [0.25, 0.3) is 10.1 Å². The van der Waals surface area contributed by atoms with E-state index in [0.29, 0.717) is 18.0 Å². The lowest BCUT2D eigenvalue weighted by molar-refractivity contribution is 0.476. The summed E-state index contributed by atoms with van der Waals surface area (Å²) in [4.78, 5) is 0. The first-order valence-corrected chi connectivity index (χ1v) is 7.78. The van der Waals surface area contributed by atoms with Crippen LogP contribution in [0.15, 0.2) is 24.3 Å². The minimum atomic E-state index is -3.84. The lowest BCUT2D eigenvalue weighted by Gasteiger charge is -2.13. The molecule has 0 aliphatic carbocycles. The average molecular weight is 292 g/mol. The van der Waals surface area contributed by atoms with Gasteiger partial charge >= 0.3 is 0 Å². The molecule has 1 aromatic carbocycles. The van der Waals surface area contributed by atoms with Crippen molar-refractivity contribution in [2.24, 2.45) is 0 Å². The first-order valence-electron chi connectivity index (χ1n) is 5.80. The predicted octanol–water partition coefficient (Wildman–Crippen LogP) is 2.14. The fourth-order valence-corrected chi connectivity index (χ4v) is 2.41. The fraction of sp³-hybridized carbons (Fsp3) is 0.500. The third-order valence-corrected chi connectivity index (χ3v) is 3.54. The minimum absolute atomic E-state index is 0.204. The van der Waals surface area contributed by atoms with E-state index < -0.39 is 10.1 Å². The van der Waals surface area contributed by atoms with Crippen molar-refractivity contribution < 1.29 is 13.0 Å². The van der Waals surface area contributed by atoms with Gasteiger partial charge in [0, 0.05) is 11.1 Å². The molecule has 0 heterocycles. The molecular formula is C12H18ClNO3S. The summed E-state index contributed by atoms with van der Waals surface area (Å²) in [5, 5.41) is 3.92. The van der Waals surface area contributed by atoms with Crippen molar-refractivity contribution in [2.75, 3.05) is 12.3 Å². The molecule has 0 bridgehead atoms. The molecule has 0 aliphatic rings.